The van der Waals surface area contributed by atoms with Crippen molar-refractivity contribution in [3.05, 3.63) is 34.7 Å². The van der Waals surface area contributed by atoms with Gasteiger partial charge in [0.15, 0.2) is 0 Å². The molecule has 92 valence electrons. The van der Waals surface area contributed by atoms with E-state index < -0.39 is 0 Å². The van der Waals surface area contributed by atoms with Crippen LogP contribution in [-0.4, -0.2) is 4.98 Å². The third kappa shape index (κ3) is 1.72. The van der Waals surface area contributed by atoms with Crippen molar-refractivity contribution in [1.82, 2.24) is 4.98 Å². The van der Waals surface area contributed by atoms with Crippen molar-refractivity contribution in [3.8, 4) is 10.6 Å². The average molecular weight is 274 g/mol. The first-order valence-electron chi connectivity index (χ1n) is 5.94. The van der Waals surface area contributed by atoms with Gasteiger partial charge in [0.05, 0.1) is 15.2 Å². The Balaban J connectivity index is 2.22. The molecule has 0 aliphatic carbocycles. The van der Waals surface area contributed by atoms with Crippen LogP contribution in [0.25, 0.3) is 20.8 Å². The number of para-hydroxylation sites is 1. The Labute approximate surface area is 114 Å². The fourth-order valence-corrected chi connectivity index (χ4v) is 4.33. The summed E-state index contributed by atoms with van der Waals surface area (Å²) < 4.78 is 1.22. The number of nitrogen functional groups attached to an aromatic ring is 1. The zero-order valence-corrected chi connectivity index (χ0v) is 12.0. The van der Waals surface area contributed by atoms with Crippen LogP contribution in [-0.2, 0) is 6.42 Å². The van der Waals surface area contributed by atoms with Crippen LogP contribution < -0.4 is 5.73 Å². The van der Waals surface area contributed by atoms with Gasteiger partial charge in [-0.05, 0) is 31.0 Å². The van der Waals surface area contributed by atoms with E-state index >= 15 is 0 Å². The number of aromatic nitrogens is 1. The number of hydrogen-bond donors (Lipinski definition) is 1. The molecule has 0 atom stereocenters. The minimum Gasteiger partial charge on any atom is -0.390 e. The number of nitrogens with two attached hydrogens (primary N) is 1. The Morgan fingerprint density at radius 3 is 2.67 bits per heavy atom. The largest absolute Gasteiger partial charge is 0.390 e. The monoisotopic (exact) mass is 274 g/mol. The number of benzene rings is 1. The van der Waals surface area contributed by atoms with Crippen LogP contribution in [0.2, 0.25) is 0 Å². The summed E-state index contributed by atoms with van der Waals surface area (Å²) in [5, 5.41) is 1.94. The standard InChI is InChI=1S/C14H14N2S2/c1-3-10-8(2)12(13(15)17-10)14-16-9-6-4-5-7-11(9)18-14/h4-7H,3,15H2,1-2H3. The van der Waals surface area contributed by atoms with Crippen molar-refractivity contribution in [2.45, 2.75) is 20.3 Å². The van der Waals surface area contributed by atoms with Gasteiger partial charge in [-0.15, -0.1) is 22.7 Å². The molecule has 0 spiro atoms. The Morgan fingerprint density at radius 1 is 1.22 bits per heavy atom. The quantitative estimate of drug-likeness (QED) is 0.748. The van der Waals surface area contributed by atoms with Crippen molar-refractivity contribution in [3.63, 3.8) is 0 Å². The van der Waals surface area contributed by atoms with E-state index in [4.69, 9.17) is 10.7 Å². The second kappa shape index (κ2) is 4.37. The van der Waals surface area contributed by atoms with Crippen LogP contribution in [0.4, 0.5) is 5.00 Å². The first-order valence-corrected chi connectivity index (χ1v) is 7.57. The molecule has 0 radical (unpaired) electrons. The molecule has 0 bridgehead atoms. The van der Waals surface area contributed by atoms with Gasteiger partial charge in [-0.25, -0.2) is 4.98 Å². The van der Waals surface area contributed by atoms with Gasteiger partial charge in [0.25, 0.3) is 0 Å². The third-order valence-corrected chi connectivity index (χ3v) is 5.42. The van der Waals surface area contributed by atoms with Crippen LogP contribution in [0, 0.1) is 6.92 Å². The van der Waals surface area contributed by atoms with Crippen molar-refractivity contribution in [2.75, 3.05) is 5.73 Å². The van der Waals surface area contributed by atoms with Crippen LogP contribution >= 0.6 is 22.7 Å². The molecule has 2 heterocycles. The Kier molecular flexibility index (Phi) is 2.84. The summed E-state index contributed by atoms with van der Waals surface area (Å²) in [6.45, 7) is 4.31. The minimum absolute atomic E-state index is 0.892. The number of anilines is 1. The van der Waals surface area contributed by atoms with E-state index in [0.717, 1.165) is 27.5 Å². The highest BCUT2D eigenvalue weighted by molar-refractivity contribution is 7.22. The van der Waals surface area contributed by atoms with Gasteiger partial charge in [0.1, 0.15) is 5.01 Å². The number of hydrogen-bond acceptors (Lipinski definition) is 4. The molecule has 18 heavy (non-hydrogen) atoms. The summed E-state index contributed by atoms with van der Waals surface area (Å²) in [6.07, 6.45) is 1.03. The molecule has 0 amide bonds. The molecule has 1 aromatic carbocycles. The Morgan fingerprint density at radius 2 is 2.00 bits per heavy atom. The molecule has 0 aliphatic heterocycles. The number of thiophene rings is 1. The van der Waals surface area contributed by atoms with Gasteiger partial charge >= 0.3 is 0 Å². The summed E-state index contributed by atoms with van der Waals surface area (Å²) in [7, 11) is 0. The molecule has 3 aromatic rings. The van der Waals surface area contributed by atoms with E-state index in [9.17, 15) is 0 Å². The summed E-state index contributed by atoms with van der Waals surface area (Å²) in [5.74, 6) is 0. The maximum absolute atomic E-state index is 6.16. The SMILES string of the molecule is CCc1sc(N)c(-c2nc3ccccc3s2)c1C. The smallest absolute Gasteiger partial charge is 0.127 e. The third-order valence-electron chi connectivity index (χ3n) is 3.10. The van der Waals surface area contributed by atoms with E-state index in [1.54, 1.807) is 22.7 Å². The summed E-state index contributed by atoms with van der Waals surface area (Å²) >= 11 is 3.41. The second-order valence-electron chi connectivity index (χ2n) is 4.23. The number of aryl methyl sites for hydroxylation is 1. The lowest BCUT2D eigenvalue weighted by Gasteiger charge is -1.97. The maximum Gasteiger partial charge on any atom is 0.127 e. The van der Waals surface area contributed by atoms with Crippen LogP contribution in [0.3, 0.4) is 0 Å². The zero-order chi connectivity index (χ0) is 12.7. The molecule has 2 nitrogen and oxygen atoms in total. The van der Waals surface area contributed by atoms with Gasteiger partial charge < -0.3 is 5.73 Å². The number of fused-ring (bicyclic) bond motifs is 1. The van der Waals surface area contributed by atoms with E-state index in [-0.39, 0.29) is 0 Å². The lowest BCUT2D eigenvalue weighted by atomic mass is 10.1. The van der Waals surface area contributed by atoms with Crippen molar-refractivity contribution in [2.24, 2.45) is 0 Å². The Bertz CT molecular complexity index is 677. The predicted molar refractivity (Wildman–Crippen MR) is 81.5 cm³/mol. The zero-order valence-electron chi connectivity index (χ0n) is 10.4. The molecular weight excluding hydrogens is 260 g/mol. The van der Waals surface area contributed by atoms with Gasteiger partial charge in [-0.2, -0.15) is 0 Å². The number of rotatable bonds is 2. The van der Waals surface area contributed by atoms with Gasteiger partial charge in [-0.3, -0.25) is 0 Å². The molecule has 2 aromatic heterocycles. The van der Waals surface area contributed by atoms with E-state index in [1.807, 2.05) is 18.2 Å². The van der Waals surface area contributed by atoms with Crippen LogP contribution in [0.5, 0.6) is 0 Å². The molecule has 0 aliphatic rings. The van der Waals surface area contributed by atoms with E-state index in [0.29, 0.717) is 0 Å². The molecule has 2 N–H and O–H groups in total. The molecule has 0 unspecified atom stereocenters. The van der Waals surface area contributed by atoms with E-state index in [1.165, 1.54) is 15.1 Å². The Hall–Kier alpha value is -1.39. The fourth-order valence-electron chi connectivity index (χ4n) is 2.17. The predicted octanol–water partition coefficient (Wildman–Crippen LogP) is 4.48. The minimum atomic E-state index is 0.892. The lowest BCUT2D eigenvalue weighted by molar-refractivity contribution is 1.16. The lowest BCUT2D eigenvalue weighted by Crippen LogP contribution is -1.85. The van der Waals surface area contributed by atoms with Gasteiger partial charge in [0, 0.05) is 10.4 Å². The summed E-state index contributed by atoms with van der Waals surface area (Å²) in [5.41, 5.74) is 9.64. The highest BCUT2D eigenvalue weighted by atomic mass is 32.1. The first-order chi connectivity index (χ1) is 8.70. The number of thiazole rings is 1. The molecule has 0 saturated heterocycles. The second-order valence-corrected chi connectivity index (χ2v) is 6.40. The molecule has 4 heteroatoms. The summed E-state index contributed by atoms with van der Waals surface area (Å²) in [6, 6.07) is 8.22. The normalized spacial score (nSPS) is 11.2. The van der Waals surface area contributed by atoms with Crippen LogP contribution in [0.15, 0.2) is 24.3 Å². The maximum atomic E-state index is 6.16. The molecular formula is C14H14N2S2. The highest BCUT2D eigenvalue weighted by Crippen LogP contribution is 2.41. The fraction of sp³-hybridized carbons (Fsp3) is 0.214. The van der Waals surface area contributed by atoms with Gasteiger partial charge in [-0.1, -0.05) is 19.1 Å². The van der Waals surface area contributed by atoms with Gasteiger partial charge in [0.2, 0.25) is 0 Å². The molecule has 0 fully saturated rings. The number of nitrogens with zero attached hydrogens (tertiary/aromatic N) is 1. The average Bonchev–Trinajstić information content (AvgIpc) is 2.89. The highest BCUT2D eigenvalue weighted by Gasteiger charge is 2.16. The van der Waals surface area contributed by atoms with Crippen molar-refractivity contribution >= 4 is 37.9 Å². The van der Waals surface area contributed by atoms with Crippen LogP contribution in [0.1, 0.15) is 17.4 Å². The molecule has 0 saturated carbocycles. The van der Waals surface area contributed by atoms with Crippen molar-refractivity contribution < 1.29 is 0 Å². The summed E-state index contributed by atoms with van der Waals surface area (Å²) in [4.78, 5) is 6.06. The topological polar surface area (TPSA) is 38.9 Å². The van der Waals surface area contributed by atoms with E-state index in [2.05, 4.69) is 19.9 Å². The van der Waals surface area contributed by atoms with Crippen molar-refractivity contribution in [1.29, 1.82) is 0 Å². The first kappa shape index (κ1) is 11.7. The molecule has 3 rings (SSSR count).